The third-order valence-electron chi connectivity index (χ3n) is 3.66. The third kappa shape index (κ3) is 5.51. The minimum atomic E-state index is -0.187. The van der Waals surface area contributed by atoms with Gasteiger partial charge in [-0.3, -0.25) is 4.79 Å². The summed E-state index contributed by atoms with van der Waals surface area (Å²) in [6.07, 6.45) is 5.49. The zero-order valence-electron chi connectivity index (χ0n) is 13.5. The zero-order valence-corrected chi connectivity index (χ0v) is 13.5. The lowest BCUT2D eigenvalue weighted by Crippen LogP contribution is -2.24. The third-order valence-corrected chi connectivity index (χ3v) is 3.66. The maximum absolute atomic E-state index is 12.0. The van der Waals surface area contributed by atoms with Crippen LogP contribution >= 0.6 is 0 Å². The summed E-state index contributed by atoms with van der Waals surface area (Å²) in [5, 5.41) is 3.48. The van der Waals surface area contributed by atoms with Crippen molar-refractivity contribution in [3.8, 4) is 5.75 Å². The summed E-state index contributed by atoms with van der Waals surface area (Å²) in [6, 6.07) is 9.58. The Balaban J connectivity index is 1.93. The van der Waals surface area contributed by atoms with E-state index in [1.54, 1.807) is 12.1 Å². The Kier molecular flexibility index (Phi) is 6.45. The summed E-state index contributed by atoms with van der Waals surface area (Å²) < 4.78 is 5.34. The first-order valence-electron chi connectivity index (χ1n) is 8.10. The number of benzene rings is 1. The van der Waals surface area contributed by atoms with Gasteiger partial charge in [0.05, 0.1) is 6.42 Å². The average molecular weight is 299 g/mol. The van der Waals surface area contributed by atoms with E-state index in [1.807, 2.05) is 18.2 Å². The SMILES string of the molecule is CC(C)C=C=C(CCC(=O)Oc1ccccc1)C1CCCN1. The van der Waals surface area contributed by atoms with Crippen molar-refractivity contribution in [1.82, 2.24) is 5.32 Å². The summed E-state index contributed by atoms with van der Waals surface area (Å²) in [7, 11) is 0. The van der Waals surface area contributed by atoms with Gasteiger partial charge in [0.2, 0.25) is 0 Å². The van der Waals surface area contributed by atoms with Crippen LogP contribution in [0.5, 0.6) is 5.75 Å². The summed E-state index contributed by atoms with van der Waals surface area (Å²) in [4.78, 5) is 12.0. The van der Waals surface area contributed by atoms with E-state index in [0.717, 1.165) is 13.0 Å². The number of esters is 1. The molecule has 0 amide bonds. The molecule has 1 aromatic rings. The first-order chi connectivity index (χ1) is 10.6. The highest BCUT2D eigenvalue weighted by atomic mass is 16.5. The molecule has 22 heavy (non-hydrogen) atoms. The molecule has 1 aromatic carbocycles. The number of carbonyl (C=O) groups is 1. The van der Waals surface area contributed by atoms with Crippen molar-refractivity contribution in [2.24, 2.45) is 5.92 Å². The summed E-state index contributed by atoms with van der Waals surface area (Å²) in [5.41, 5.74) is 4.59. The quantitative estimate of drug-likeness (QED) is 0.492. The van der Waals surface area contributed by atoms with E-state index in [0.29, 0.717) is 30.6 Å². The lowest BCUT2D eigenvalue weighted by molar-refractivity contribution is -0.134. The molecule has 0 aromatic heterocycles. The highest BCUT2D eigenvalue weighted by molar-refractivity contribution is 5.72. The number of ether oxygens (including phenoxy) is 1. The van der Waals surface area contributed by atoms with Crippen LogP contribution in [-0.2, 0) is 4.79 Å². The fourth-order valence-electron chi connectivity index (χ4n) is 2.51. The molecule has 0 spiro atoms. The average Bonchev–Trinajstić information content (AvgIpc) is 3.02. The first kappa shape index (κ1) is 16.5. The number of nitrogens with one attached hydrogen (secondary N) is 1. The largest absolute Gasteiger partial charge is 0.427 e. The maximum atomic E-state index is 12.0. The van der Waals surface area contributed by atoms with Gasteiger partial charge in [-0.2, -0.15) is 0 Å². The molecule has 0 saturated carbocycles. The van der Waals surface area contributed by atoms with Crippen molar-refractivity contribution in [3.05, 3.63) is 47.7 Å². The van der Waals surface area contributed by atoms with Crippen molar-refractivity contribution in [1.29, 1.82) is 0 Å². The number of rotatable bonds is 6. The van der Waals surface area contributed by atoms with Gasteiger partial charge in [-0.15, -0.1) is 5.73 Å². The number of hydrogen-bond acceptors (Lipinski definition) is 3. The topological polar surface area (TPSA) is 38.3 Å². The van der Waals surface area contributed by atoms with E-state index >= 15 is 0 Å². The van der Waals surface area contributed by atoms with Gasteiger partial charge < -0.3 is 10.1 Å². The molecule has 1 aliphatic rings. The van der Waals surface area contributed by atoms with Crippen LogP contribution in [-0.4, -0.2) is 18.6 Å². The number of hydrogen-bond donors (Lipinski definition) is 1. The molecule has 1 atom stereocenters. The fraction of sp³-hybridized carbons (Fsp3) is 0.474. The maximum Gasteiger partial charge on any atom is 0.311 e. The predicted octanol–water partition coefficient (Wildman–Crippen LogP) is 3.86. The molecule has 1 fully saturated rings. The Morgan fingerprint density at radius 1 is 1.36 bits per heavy atom. The smallest absolute Gasteiger partial charge is 0.311 e. The zero-order chi connectivity index (χ0) is 15.8. The highest BCUT2D eigenvalue weighted by Gasteiger charge is 2.19. The van der Waals surface area contributed by atoms with E-state index in [-0.39, 0.29) is 5.97 Å². The van der Waals surface area contributed by atoms with Gasteiger partial charge in [0.15, 0.2) is 0 Å². The molecule has 1 saturated heterocycles. The molecule has 1 heterocycles. The predicted molar refractivity (Wildman–Crippen MR) is 88.8 cm³/mol. The van der Waals surface area contributed by atoms with Crippen LogP contribution in [0.3, 0.4) is 0 Å². The first-order valence-corrected chi connectivity index (χ1v) is 8.10. The van der Waals surface area contributed by atoms with Crippen LogP contribution in [0.25, 0.3) is 0 Å². The normalized spacial score (nSPS) is 17.1. The van der Waals surface area contributed by atoms with E-state index in [9.17, 15) is 4.79 Å². The molecule has 2 rings (SSSR count). The summed E-state index contributed by atoms with van der Waals surface area (Å²) >= 11 is 0. The lowest BCUT2D eigenvalue weighted by Gasteiger charge is -2.13. The van der Waals surface area contributed by atoms with Gasteiger partial charge in [0.1, 0.15) is 5.75 Å². The minimum Gasteiger partial charge on any atom is -0.427 e. The van der Waals surface area contributed by atoms with Crippen molar-refractivity contribution in [3.63, 3.8) is 0 Å². The Labute approximate surface area is 133 Å². The van der Waals surface area contributed by atoms with Crippen LogP contribution in [0.15, 0.2) is 47.7 Å². The van der Waals surface area contributed by atoms with Crippen LogP contribution in [0.1, 0.15) is 39.5 Å². The standard InChI is InChI=1S/C19H25NO2/c1-15(2)10-11-16(18-9-6-14-20-18)12-13-19(21)22-17-7-4-3-5-8-17/h3-5,7-8,10,15,18,20H,6,9,12-14H2,1-2H3. The van der Waals surface area contributed by atoms with Gasteiger partial charge in [-0.1, -0.05) is 32.0 Å². The monoisotopic (exact) mass is 299 g/mol. The van der Waals surface area contributed by atoms with Crippen LogP contribution in [0.4, 0.5) is 0 Å². The molecule has 118 valence electrons. The molecule has 0 bridgehead atoms. The number of para-hydroxylation sites is 1. The Morgan fingerprint density at radius 2 is 2.14 bits per heavy atom. The summed E-state index contributed by atoms with van der Waals surface area (Å²) in [5.74, 6) is 0.885. The van der Waals surface area contributed by atoms with Gasteiger partial charge in [0.25, 0.3) is 0 Å². The van der Waals surface area contributed by atoms with Gasteiger partial charge in [-0.05, 0) is 55.5 Å². The minimum absolute atomic E-state index is 0.187. The van der Waals surface area contributed by atoms with Crippen molar-refractivity contribution in [2.75, 3.05) is 6.54 Å². The van der Waals surface area contributed by atoms with Gasteiger partial charge in [-0.25, -0.2) is 0 Å². The summed E-state index contributed by atoms with van der Waals surface area (Å²) in [6.45, 7) is 5.32. The molecule has 3 heteroatoms. The molecular formula is C19H25NO2. The Bertz CT molecular complexity index is 536. The molecule has 1 N–H and O–H groups in total. The number of carbonyl (C=O) groups excluding carboxylic acids is 1. The molecule has 0 aliphatic carbocycles. The van der Waals surface area contributed by atoms with E-state index in [4.69, 9.17) is 4.74 Å². The lowest BCUT2D eigenvalue weighted by atomic mass is 10.0. The van der Waals surface area contributed by atoms with Gasteiger partial charge in [0, 0.05) is 6.04 Å². The van der Waals surface area contributed by atoms with Crippen LogP contribution < -0.4 is 10.1 Å². The van der Waals surface area contributed by atoms with E-state index < -0.39 is 0 Å². The molecule has 1 aliphatic heterocycles. The van der Waals surface area contributed by atoms with Crippen molar-refractivity contribution in [2.45, 2.75) is 45.6 Å². The Hall–Kier alpha value is -1.83. The van der Waals surface area contributed by atoms with Crippen molar-refractivity contribution >= 4 is 5.97 Å². The second kappa shape index (κ2) is 8.57. The molecule has 3 nitrogen and oxygen atoms in total. The van der Waals surface area contributed by atoms with Gasteiger partial charge >= 0.3 is 5.97 Å². The van der Waals surface area contributed by atoms with Crippen LogP contribution in [0, 0.1) is 5.92 Å². The van der Waals surface area contributed by atoms with E-state index in [2.05, 4.69) is 31.0 Å². The second-order valence-electron chi connectivity index (χ2n) is 6.02. The van der Waals surface area contributed by atoms with Crippen LogP contribution in [0.2, 0.25) is 0 Å². The molecule has 0 radical (unpaired) electrons. The molecular weight excluding hydrogens is 274 g/mol. The highest BCUT2D eigenvalue weighted by Crippen LogP contribution is 2.19. The fourth-order valence-corrected chi connectivity index (χ4v) is 2.51. The Morgan fingerprint density at radius 3 is 2.77 bits per heavy atom. The second-order valence-corrected chi connectivity index (χ2v) is 6.02. The van der Waals surface area contributed by atoms with E-state index in [1.165, 1.54) is 12.0 Å². The van der Waals surface area contributed by atoms with Crippen molar-refractivity contribution < 1.29 is 9.53 Å². The molecule has 1 unspecified atom stereocenters.